The Labute approximate surface area is 113 Å². The number of ether oxygens (including phenoxy) is 1. The first-order chi connectivity index (χ1) is 8.86. The molecular formula is C14H20N2O3. The molecular weight excluding hydrogens is 244 g/mol. The molecule has 3 N–H and O–H groups in total. The van der Waals surface area contributed by atoms with Crippen molar-refractivity contribution in [2.75, 3.05) is 12.4 Å². The Balaban J connectivity index is 3.01. The van der Waals surface area contributed by atoms with Crippen LogP contribution in [-0.4, -0.2) is 25.0 Å². The summed E-state index contributed by atoms with van der Waals surface area (Å²) in [7, 11) is 1.30. The molecule has 0 bridgehead atoms. The fourth-order valence-corrected chi connectivity index (χ4v) is 1.56. The number of nitrogens with two attached hydrogens (primary N) is 1. The summed E-state index contributed by atoms with van der Waals surface area (Å²) in [5.74, 6) is -0.784. The summed E-state index contributed by atoms with van der Waals surface area (Å²) in [6.07, 6.45) is 0. The lowest BCUT2D eigenvalue weighted by Crippen LogP contribution is -2.40. The van der Waals surface area contributed by atoms with Crippen molar-refractivity contribution in [2.24, 2.45) is 11.7 Å². The van der Waals surface area contributed by atoms with E-state index < -0.39 is 12.0 Å². The molecule has 104 valence electrons. The Morgan fingerprint density at radius 3 is 2.47 bits per heavy atom. The molecule has 19 heavy (non-hydrogen) atoms. The number of benzene rings is 1. The number of rotatable bonds is 4. The molecule has 0 unspecified atom stereocenters. The maximum atomic E-state index is 11.9. The summed E-state index contributed by atoms with van der Waals surface area (Å²) in [6, 6.07) is 4.53. The molecule has 0 aliphatic carbocycles. The van der Waals surface area contributed by atoms with Crippen molar-refractivity contribution in [1.82, 2.24) is 0 Å². The molecule has 0 aromatic heterocycles. The normalized spacial score (nSPS) is 12.1. The van der Waals surface area contributed by atoms with Crippen molar-refractivity contribution in [3.05, 3.63) is 29.3 Å². The van der Waals surface area contributed by atoms with Crippen molar-refractivity contribution in [1.29, 1.82) is 0 Å². The van der Waals surface area contributed by atoms with Crippen LogP contribution in [0.15, 0.2) is 18.2 Å². The zero-order valence-corrected chi connectivity index (χ0v) is 11.7. The summed E-state index contributed by atoms with van der Waals surface area (Å²) in [6.45, 7) is 5.58. The van der Waals surface area contributed by atoms with Gasteiger partial charge in [-0.1, -0.05) is 25.5 Å². The van der Waals surface area contributed by atoms with Gasteiger partial charge in [-0.2, -0.15) is 0 Å². The molecule has 0 fully saturated rings. The number of amides is 1. The Bertz CT molecular complexity index is 484. The van der Waals surface area contributed by atoms with E-state index in [0.717, 1.165) is 5.56 Å². The number of carbonyl (C=O) groups excluding carboxylic acids is 2. The molecule has 1 atom stereocenters. The van der Waals surface area contributed by atoms with Gasteiger partial charge in [0.2, 0.25) is 5.91 Å². The summed E-state index contributed by atoms with van der Waals surface area (Å²) in [5.41, 5.74) is 7.42. The highest BCUT2D eigenvalue weighted by atomic mass is 16.5. The molecule has 0 aliphatic heterocycles. The van der Waals surface area contributed by atoms with Gasteiger partial charge >= 0.3 is 5.97 Å². The van der Waals surface area contributed by atoms with Gasteiger partial charge in [0.25, 0.3) is 0 Å². The van der Waals surface area contributed by atoms with Crippen molar-refractivity contribution >= 4 is 17.6 Å². The smallest absolute Gasteiger partial charge is 0.339 e. The summed E-state index contributed by atoms with van der Waals surface area (Å²) in [4.78, 5) is 23.6. The second kappa shape index (κ2) is 6.33. The molecule has 0 radical (unpaired) electrons. The number of aryl methyl sites for hydroxylation is 1. The number of hydrogen-bond acceptors (Lipinski definition) is 4. The molecule has 0 saturated heterocycles. The van der Waals surface area contributed by atoms with Gasteiger partial charge < -0.3 is 15.8 Å². The lowest BCUT2D eigenvalue weighted by molar-refractivity contribution is -0.118. The van der Waals surface area contributed by atoms with Crippen LogP contribution in [0, 0.1) is 12.8 Å². The molecule has 1 amide bonds. The van der Waals surface area contributed by atoms with Crippen LogP contribution in [0.25, 0.3) is 0 Å². The second-order valence-corrected chi connectivity index (χ2v) is 4.80. The van der Waals surface area contributed by atoms with Crippen molar-refractivity contribution in [3.63, 3.8) is 0 Å². The van der Waals surface area contributed by atoms with E-state index in [-0.39, 0.29) is 11.8 Å². The highest BCUT2D eigenvalue weighted by molar-refractivity contribution is 6.02. The van der Waals surface area contributed by atoms with E-state index in [2.05, 4.69) is 5.32 Å². The monoisotopic (exact) mass is 264 g/mol. The summed E-state index contributed by atoms with van der Waals surface area (Å²) < 4.78 is 4.70. The number of nitrogens with one attached hydrogen (secondary N) is 1. The van der Waals surface area contributed by atoms with Gasteiger partial charge in [-0.3, -0.25) is 4.79 Å². The Morgan fingerprint density at radius 1 is 1.32 bits per heavy atom. The van der Waals surface area contributed by atoms with Gasteiger partial charge in [-0.15, -0.1) is 0 Å². The van der Waals surface area contributed by atoms with Crippen molar-refractivity contribution in [3.8, 4) is 0 Å². The van der Waals surface area contributed by atoms with Gasteiger partial charge in [-0.05, 0) is 25.0 Å². The molecule has 0 aliphatic rings. The van der Waals surface area contributed by atoms with Crippen LogP contribution in [0.5, 0.6) is 0 Å². The van der Waals surface area contributed by atoms with Gasteiger partial charge in [0.1, 0.15) is 0 Å². The van der Waals surface area contributed by atoms with Crippen LogP contribution in [0.1, 0.15) is 29.8 Å². The minimum atomic E-state index is -0.619. The third-order valence-corrected chi connectivity index (χ3v) is 2.86. The van der Waals surface area contributed by atoms with Crippen molar-refractivity contribution < 1.29 is 14.3 Å². The lowest BCUT2D eigenvalue weighted by atomic mass is 10.0. The Morgan fingerprint density at radius 2 is 1.95 bits per heavy atom. The zero-order chi connectivity index (χ0) is 14.6. The largest absolute Gasteiger partial charge is 0.465 e. The molecule has 1 rings (SSSR count). The first kappa shape index (κ1) is 15.2. The van der Waals surface area contributed by atoms with E-state index in [1.165, 1.54) is 7.11 Å². The molecule has 0 heterocycles. The van der Waals surface area contributed by atoms with Gasteiger partial charge in [0, 0.05) is 0 Å². The Hall–Kier alpha value is -1.88. The van der Waals surface area contributed by atoms with E-state index in [1.807, 2.05) is 26.8 Å². The minimum Gasteiger partial charge on any atom is -0.465 e. The highest BCUT2D eigenvalue weighted by Crippen LogP contribution is 2.19. The number of carbonyl (C=O) groups is 2. The minimum absolute atomic E-state index is 0.0204. The summed E-state index contributed by atoms with van der Waals surface area (Å²) >= 11 is 0. The standard InChI is InChI=1S/C14H20N2O3/c1-8(2)12(15)13(17)16-11-6-5-9(3)7-10(11)14(18)19-4/h5-8,12H,15H2,1-4H3,(H,16,17)/t12-/m1/s1. The van der Waals surface area contributed by atoms with Gasteiger partial charge in [0.15, 0.2) is 0 Å². The Kier molecular flexibility index (Phi) is 5.06. The van der Waals surface area contributed by atoms with Crippen LogP contribution in [0.4, 0.5) is 5.69 Å². The van der Waals surface area contributed by atoms with Crippen LogP contribution in [-0.2, 0) is 9.53 Å². The SMILES string of the molecule is COC(=O)c1cc(C)ccc1NC(=O)[C@H](N)C(C)C. The average Bonchev–Trinajstić information content (AvgIpc) is 2.38. The average molecular weight is 264 g/mol. The highest BCUT2D eigenvalue weighted by Gasteiger charge is 2.20. The zero-order valence-electron chi connectivity index (χ0n) is 11.7. The topological polar surface area (TPSA) is 81.4 Å². The molecule has 5 heteroatoms. The maximum absolute atomic E-state index is 11.9. The molecule has 1 aromatic carbocycles. The fraction of sp³-hybridized carbons (Fsp3) is 0.429. The predicted molar refractivity (Wildman–Crippen MR) is 74.0 cm³/mol. The van der Waals surface area contributed by atoms with Gasteiger partial charge in [-0.25, -0.2) is 4.79 Å². The predicted octanol–water partition coefficient (Wildman–Crippen LogP) is 1.70. The first-order valence-electron chi connectivity index (χ1n) is 6.12. The third kappa shape index (κ3) is 3.79. The van der Waals surface area contributed by atoms with Crippen molar-refractivity contribution in [2.45, 2.75) is 26.8 Å². The lowest BCUT2D eigenvalue weighted by Gasteiger charge is -2.17. The van der Waals surface area contributed by atoms with E-state index >= 15 is 0 Å². The second-order valence-electron chi connectivity index (χ2n) is 4.80. The quantitative estimate of drug-likeness (QED) is 0.811. The molecule has 5 nitrogen and oxygen atoms in total. The van der Waals surface area contributed by atoms with E-state index in [4.69, 9.17) is 10.5 Å². The number of anilines is 1. The van der Waals surface area contributed by atoms with Gasteiger partial charge in [0.05, 0.1) is 24.4 Å². The van der Waals surface area contributed by atoms with Crippen LogP contribution >= 0.6 is 0 Å². The third-order valence-electron chi connectivity index (χ3n) is 2.86. The molecule has 0 saturated carbocycles. The summed E-state index contributed by atoms with van der Waals surface area (Å²) in [5, 5.41) is 2.67. The molecule has 1 aromatic rings. The van der Waals surface area contributed by atoms with Crippen LogP contribution in [0.3, 0.4) is 0 Å². The van der Waals surface area contributed by atoms with Crippen LogP contribution < -0.4 is 11.1 Å². The number of hydrogen-bond donors (Lipinski definition) is 2. The number of methoxy groups -OCH3 is 1. The molecule has 0 spiro atoms. The fourth-order valence-electron chi connectivity index (χ4n) is 1.56. The first-order valence-corrected chi connectivity index (χ1v) is 6.12. The number of esters is 1. The van der Waals surface area contributed by atoms with E-state index in [9.17, 15) is 9.59 Å². The van der Waals surface area contributed by atoms with E-state index in [1.54, 1.807) is 12.1 Å². The van der Waals surface area contributed by atoms with Crippen LogP contribution in [0.2, 0.25) is 0 Å². The maximum Gasteiger partial charge on any atom is 0.339 e. The van der Waals surface area contributed by atoms with E-state index in [0.29, 0.717) is 11.3 Å².